The van der Waals surface area contributed by atoms with E-state index < -0.39 is 0 Å². The molecule has 1 saturated carbocycles. The van der Waals surface area contributed by atoms with E-state index in [1.807, 2.05) is 0 Å². The molecule has 2 rings (SSSR count). The van der Waals surface area contributed by atoms with Gasteiger partial charge in [0.25, 0.3) is 0 Å². The SMILES string of the molecule is CN(CC(C)(N)C1CC1)C1CCOCC1. The fraction of sp³-hybridized carbons (Fsp3) is 1.00. The Balaban J connectivity index is 1.81. The molecule has 0 aromatic carbocycles. The van der Waals surface area contributed by atoms with Gasteiger partial charge in [0.1, 0.15) is 0 Å². The molecule has 88 valence electrons. The second kappa shape index (κ2) is 4.40. The molecule has 2 fully saturated rings. The number of nitrogens with zero attached hydrogens (tertiary/aromatic N) is 1. The van der Waals surface area contributed by atoms with Gasteiger partial charge in [0.2, 0.25) is 0 Å². The lowest BCUT2D eigenvalue weighted by molar-refractivity contribution is 0.0356. The van der Waals surface area contributed by atoms with Gasteiger partial charge in [-0.1, -0.05) is 0 Å². The average Bonchev–Trinajstić information content (AvgIpc) is 3.01. The summed E-state index contributed by atoms with van der Waals surface area (Å²) in [4.78, 5) is 2.45. The molecule has 0 aromatic heterocycles. The van der Waals surface area contributed by atoms with Crippen molar-refractivity contribution in [3.05, 3.63) is 0 Å². The Morgan fingerprint density at radius 2 is 1.87 bits per heavy atom. The Labute approximate surface area is 93.0 Å². The normalized spacial score (nSPS) is 28.0. The van der Waals surface area contributed by atoms with Crippen LogP contribution in [0.2, 0.25) is 0 Å². The largest absolute Gasteiger partial charge is 0.381 e. The molecule has 1 unspecified atom stereocenters. The second-order valence-corrected chi connectivity index (χ2v) is 5.54. The molecule has 2 N–H and O–H groups in total. The number of nitrogens with two attached hydrogens (primary N) is 1. The van der Waals surface area contributed by atoms with Crippen LogP contribution in [0.1, 0.15) is 32.6 Å². The summed E-state index contributed by atoms with van der Waals surface area (Å²) in [5, 5.41) is 0. The minimum Gasteiger partial charge on any atom is -0.381 e. The van der Waals surface area contributed by atoms with Gasteiger partial charge in [-0.3, -0.25) is 0 Å². The van der Waals surface area contributed by atoms with E-state index in [-0.39, 0.29) is 5.54 Å². The fourth-order valence-electron chi connectivity index (χ4n) is 2.66. The highest BCUT2D eigenvalue weighted by Crippen LogP contribution is 2.38. The molecule has 2 aliphatic rings. The number of rotatable bonds is 4. The molecule has 3 nitrogen and oxygen atoms in total. The highest BCUT2D eigenvalue weighted by molar-refractivity contribution is 4.97. The highest BCUT2D eigenvalue weighted by atomic mass is 16.5. The lowest BCUT2D eigenvalue weighted by Gasteiger charge is -2.37. The minimum absolute atomic E-state index is 0.0209. The van der Waals surface area contributed by atoms with Gasteiger partial charge in [0.05, 0.1) is 0 Å². The maximum Gasteiger partial charge on any atom is 0.0480 e. The quantitative estimate of drug-likeness (QED) is 0.761. The first kappa shape index (κ1) is 11.4. The van der Waals surface area contributed by atoms with Gasteiger partial charge in [-0.15, -0.1) is 0 Å². The van der Waals surface area contributed by atoms with Crippen molar-refractivity contribution in [1.82, 2.24) is 4.90 Å². The first-order valence-electron chi connectivity index (χ1n) is 6.16. The van der Waals surface area contributed by atoms with E-state index in [1.165, 1.54) is 12.8 Å². The van der Waals surface area contributed by atoms with Crippen molar-refractivity contribution in [2.24, 2.45) is 11.7 Å². The number of hydrogen-bond acceptors (Lipinski definition) is 3. The molecule has 1 aliphatic carbocycles. The molecule has 15 heavy (non-hydrogen) atoms. The molecule has 0 amide bonds. The van der Waals surface area contributed by atoms with Gasteiger partial charge in [0.15, 0.2) is 0 Å². The van der Waals surface area contributed by atoms with Crippen molar-refractivity contribution in [1.29, 1.82) is 0 Å². The summed E-state index contributed by atoms with van der Waals surface area (Å²) in [5.74, 6) is 0.764. The Bertz CT molecular complexity index is 208. The van der Waals surface area contributed by atoms with E-state index in [2.05, 4.69) is 18.9 Å². The van der Waals surface area contributed by atoms with Crippen LogP contribution in [0.3, 0.4) is 0 Å². The van der Waals surface area contributed by atoms with E-state index in [0.29, 0.717) is 6.04 Å². The van der Waals surface area contributed by atoms with Crippen molar-refractivity contribution in [2.45, 2.75) is 44.2 Å². The average molecular weight is 212 g/mol. The third kappa shape index (κ3) is 2.92. The van der Waals surface area contributed by atoms with Gasteiger partial charge in [-0.2, -0.15) is 0 Å². The van der Waals surface area contributed by atoms with E-state index in [9.17, 15) is 0 Å². The van der Waals surface area contributed by atoms with Gasteiger partial charge in [0, 0.05) is 31.3 Å². The van der Waals surface area contributed by atoms with Crippen molar-refractivity contribution in [3.8, 4) is 0 Å². The molecule has 1 heterocycles. The fourth-order valence-corrected chi connectivity index (χ4v) is 2.66. The van der Waals surface area contributed by atoms with E-state index >= 15 is 0 Å². The van der Waals surface area contributed by atoms with Crippen LogP contribution in [0.15, 0.2) is 0 Å². The molecule has 1 aliphatic heterocycles. The maximum absolute atomic E-state index is 6.36. The van der Waals surface area contributed by atoms with Gasteiger partial charge >= 0.3 is 0 Å². The van der Waals surface area contributed by atoms with Crippen molar-refractivity contribution in [2.75, 3.05) is 26.8 Å². The summed E-state index contributed by atoms with van der Waals surface area (Å²) in [7, 11) is 2.21. The lowest BCUT2D eigenvalue weighted by atomic mass is 9.95. The summed E-state index contributed by atoms with van der Waals surface area (Å²) < 4.78 is 5.38. The Hall–Kier alpha value is -0.120. The summed E-state index contributed by atoms with van der Waals surface area (Å²) in [6.45, 7) is 5.07. The maximum atomic E-state index is 6.36. The molecule has 1 saturated heterocycles. The first-order valence-corrected chi connectivity index (χ1v) is 6.16. The molecule has 0 bridgehead atoms. The predicted molar refractivity (Wildman–Crippen MR) is 61.8 cm³/mol. The van der Waals surface area contributed by atoms with Gasteiger partial charge in [-0.05, 0) is 45.6 Å². The minimum atomic E-state index is 0.0209. The topological polar surface area (TPSA) is 38.5 Å². The zero-order chi connectivity index (χ0) is 10.9. The summed E-state index contributed by atoms with van der Waals surface area (Å²) >= 11 is 0. The lowest BCUT2D eigenvalue weighted by Crippen LogP contribution is -2.52. The molecular weight excluding hydrogens is 188 g/mol. The molecule has 0 aromatic rings. The predicted octanol–water partition coefficient (Wildman–Crippen LogP) is 1.22. The third-order valence-corrected chi connectivity index (χ3v) is 3.91. The van der Waals surface area contributed by atoms with E-state index in [0.717, 1.165) is 38.5 Å². The molecule has 3 heteroatoms. The summed E-state index contributed by atoms with van der Waals surface area (Å²) in [5.41, 5.74) is 6.38. The monoisotopic (exact) mass is 212 g/mol. The van der Waals surface area contributed by atoms with Crippen LogP contribution in [0.25, 0.3) is 0 Å². The Morgan fingerprint density at radius 3 is 2.40 bits per heavy atom. The highest BCUT2D eigenvalue weighted by Gasteiger charge is 2.39. The van der Waals surface area contributed by atoms with Crippen LogP contribution in [0.5, 0.6) is 0 Å². The van der Waals surface area contributed by atoms with Gasteiger partial charge < -0.3 is 15.4 Å². The Morgan fingerprint density at radius 1 is 1.27 bits per heavy atom. The zero-order valence-corrected chi connectivity index (χ0v) is 10.0. The van der Waals surface area contributed by atoms with Crippen LogP contribution in [-0.2, 0) is 4.74 Å². The first-order chi connectivity index (χ1) is 7.09. The van der Waals surface area contributed by atoms with Crippen LogP contribution in [0, 0.1) is 5.92 Å². The third-order valence-electron chi connectivity index (χ3n) is 3.91. The van der Waals surface area contributed by atoms with Crippen molar-refractivity contribution < 1.29 is 4.74 Å². The number of ether oxygens (including phenoxy) is 1. The van der Waals surface area contributed by atoms with Crippen LogP contribution >= 0.6 is 0 Å². The molecular formula is C12H24N2O. The summed E-state index contributed by atoms with van der Waals surface area (Å²) in [6.07, 6.45) is 4.98. The van der Waals surface area contributed by atoms with Crippen LogP contribution < -0.4 is 5.73 Å². The Kier molecular flexibility index (Phi) is 3.33. The van der Waals surface area contributed by atoms with Crippen LogP contribution in [0.4, 0.5) is 0 Å². The molecule has 0 radical (unpaired) electrons. The molecule has 0 spiro atoms. The zero-order valence-electron chi connectivity index (χ0n) is 10.0. The number of likely N-dealkylation sites (N-methyl/N-ethyl adjacent to an activating group) is 1. The second-order valence-electron chi connectivity index (χ2n) is 5.54. The van der Waals surface area contributed by atoms with Crippen LogP contribution in [-0.4, -0.2) is 43.3 Å². The number of hydrogen-bond donors (Lipinski definition) is 1. The molecule has 1 atom stereocenters. The van der Waals surface area contributed by atoms with E-state index in [4.69, 9.17) is 10.5 Å². The van der Waals surface area contributed by atoms with E-state index in [1.54, 1.807) is 0 Å². The van der Waals surface area contributed by atoms with Gasteiger partial charge in [-0.25, -0.2) is 0 Å². The summed E-state index contributed by atoms with van der Waals surface area (Å²) in [6, 6.07) is 0.681. The van der Waals surface area contributed by atoms with Crippen molar-refractivity contribution in [3.63, 3.8) is 0 Å². The van der Waals surface area contributed by atoms with Crippen molar-refractivity contribution >= 4 is 0 Å². The smallest absolute Gasteiger partial charge is 0.0480 e. The standard InChI is InChI=1S/C12H24N2O/c1-12(13,10-3-4-10)9-14(2)11-5-7-15-8-6-11/h10-11H,3-9,13H2,1-2H3.